The molecule has 2 aromatic rings. The van der Waals surface area contributed by atoms with Gasteiger partial charge in [0.1, 0.15) is 12.4 Å². The monoisotopic (exact) mass is 431 g/mol. The van der Waals surface area contributed by atoms with Gasteiger partial charge in [-0.05, 0) is 51.7 Å². The summed E-state index contributed by atoms with van der Waals surface area (Å²) in [6, 6.07) is 6.56. The Morgan fingerprint density at radius 1 is 1.23 bits per heavy atom. The lowest BCUT2D eigenvalue weighted by Gasteiger charge is -2.37. The van der Waals surface area contributed by atoms with Crippen molar-refractivity contribution in [2.75, 3.05) is 11.6 Å². The molecule has 7 nitrogen and oxygen atoms in total. The number of aromatic nitrogens is 3. The molecule has 0 aliphatic heterocycles. The molecule has 0 bridgehead atoms. The number of aryl methyl sites for hydroxylation is 2. The summed E-state index contributed by atoms with van der Waals surface area (Å²) in [5.41, 5.74) is 2.13. The maximum absolute atomic E-state index is 12.9. The molecule has 0 unspecified atom stereocenters. The number of ether oxygens (including phenoxy) is 1. The van der Waals surface area contributed by atoms with Crippen molar-refractivity contribution in [1.82, 2.24) is 19.8 Å². The number of hydrogen-bond donors (Lipinski definition) is 1. The summed E-state index contributed by atoms with van der Waals surface area (Å²) >= 11 is 1.33. The van der Waals surface area contributed by atoms with E-state index in [1.807, 2.05) is 36.9 Å². The minimum atomic E-state index is 0.137. The van der Waals surface area contributed by atoms with E-state index in [4.69, 9.17) is 10.6 Å². The summed E-state index contributed by atoms with van der Waals surface area (Å²) in [5, 5.41) is 8.84. The molecule has 2 N–H and O–H groups in total. The van der Waals surface area contributed by atoms with E-state index in [1.165, 1.54) is 35.7 Å². The van der Waals surface area contributed by atoms with Crippen molar-refractivity contribution >= 4 is 17.7 Å². The predicted octanol–water partition coefficient (Wildman–Crippen LogP) is 3.85. The summed E-state index contributed by atoms with van der Waals surface area (Å²) in [5.74, 6) is 7.99. The molecule has 3 rings (SSSR count). The Morgan fingerprint density at radius 2 is 1.90 bits per heavy atom. The fourth-order valence-corrected chi connectivity index (χ4v) is 4.89. The van der Waals surface area contributed by atoms with Crippen molar-refractivity contribution < 1.29 is 9.53 Å². The van der Waals surface area contributed by atoms with Crippen LogP contribution in [0.4, 0.5) is 0 Å². The Hall–Kier alpha value is -2.22. The molecular formula is C22H33N5O2S. The van der Waals surface area contributed by atoms with Crippen LogP contribution in [0.25, 0.3) is 0 Å². The Bertz CT molecular complexity index is 841. The smallest absolute Gasteiger partial charge is 0.233 e. The molecule has 164 valence electrons. The zero-order chi connectivity index (χ0) is 21.7. The van der Waals surface area contributed by atoms with Crippen molar-refractivity contribution in [2.45, 2.75) is 83.6 Å². The van der Waals surface area contributed by atoms with Crippen molar-refractivity contribution in [2.24, 2.45) is 0 Å². The first-order valence-corrected chi connectivity index (χ1v) is 11.7. The van der Waals surface area contributed by atoms with Gasteiger partial charge >= 0.3 is 0 Å². The number of nitrogens with zero attached hydrogens (tertiary/aromatic N) is 4. The van der Waals surface area contributed by atoms with E-state index in [2.05, 4.69) is 24.0 Å². The first-order chi connectivity index (χ1) is 14.4. The molecule has 1 aliphatic rings. The van der Waals surface area contributed by atoms with Crippen molar-refractivity contribution in [3.05, 3.63) is 35.2 Å². The highest BCUT2D eigenvalue weighted by Crippen LogP contribution is 2.26. The van der Waals surface area contributed by atoms with Gasteiger partial charge in [0.2, 0.25) is 11.1 Å². The number of rotatable bonds is 8. The first kappa shape index (κ1) is 22.5. The Morgan fingerprint density at radius 3 is 2.53 bits per heavy atom. The van der Waals surface area contributed by atoms with Crippen LogP contribution in [0.3, 0.4) is 0 Å². The molecule has 1 heterocycles. The molecule has 1 aromatic heterocycles. The van der Waals surface area contributed by atoms with Crippen molar-refractivity contribution in [3.63, 3.8) is 0 Å². The van der Waals surface area contributed by atoms with Gasteiger partial charge in [-0.1, -0.05) is 49.2 Å². The molecule has 1 aliphatic carbocycles. The molecule has 0 atom stereocenters. The number of hydrogen-bond acceptors (Lipinski definition) is 6. The summed E-state index contributed by atoms with van der Waals surface area (Å²) < 4.78 is 7.36. The lowest BCUT2D eigenvalue weighted by Crippen LogP contribution is -2.46. The van der Waals surface area contributed by atoms with Gasteiger partial charge in [0.25, 0.3) is 0 Å². The second-order valence-corrected chi connectivity index (χ2v) is 9.20. The lowest BCUT2D eigenvalue weighted by atomic mass is 9.93. The third-order valence-electron chi connectivity index (χ3n) is 5.63. The van der Waals surface area contributed by atoms with Gasteiger partial charge in [0, 0.05) is 12.1 Å². The topological polar surface area (TPSA) is 86.3 Å². The highest BCUT2D eigenvalue weighted by Gasteiger charge is 2.28. The number of nitrogens with two attached hydrogens (primary N) is 1. The Kier molecular flexibility index (Phi) is 7.64. The van der Waals surface area contributed by atoms with Crippen LogP contribution in [-0.4, -0.2) is 43.5 Å². The van der Waals surface area contributed by atoms with E-state index in [9.17, 15) is 4.79 Å². The minimum Gasteiger partial charge on any atom is -0.485 e. The van der Waals surface area contributed by atoms with Crippen LogP contribution in [-0.2, 0) is 11.4 Å². The summed E-state index contributed by atoms with van der Waals surface area (Å²) in [4.78, 5) is 15.0. The lowest BCUT2D eigenvalue weighted by molar-refractivity contribution is -0.133. The van der Waals surface area contributed by atoms with Gasteiger partial charge in [-0.2, -0.15) is 0 Å². The van der Waals surface area contributed by atoms with Crippen LogP contribution in [0.2, 0.25) is 0 Å². The second kappa shape index (κ2) is 10.2. The zero-order valence-electron chi connectivity index (χ0n) is 18.4. The molecule has 0 spiro atoms. The largest absolute Gasteiger partial charge is 0.485 e. The maximum Gasteiger partial charge on any atom is 0.233 e. The second-order valence-electron chi connectivity index (χ2n) is 8.25. The molecule has 1 amide bonds. The van der Waals surface area contributed by atoms with Gasteiger partial charge in [-0.3, -0.25) is 4.79 Å². The number of amides is 1. The van der Waals surface area contributed by atoms with Crippen LogP contribution < -0.4 is 10.6 Å². The number of thioether (sulfide) groups is 1. The standard InChI is InChI=1S/C22H33N5O2S/c1-15(2)26(18-11-6-5-7-12-18)20(28)14-30-22-25-24-19(27(22)23)13-29-21-16(3)9-8-10-17(21)4/h8-10,15,18H,5-7,11-14,23H2,1-4H3. The van der Waals surface area contributed by atoms with Gasteiger partial charge in [0.15, 0.2) is 5.82 Å². The fourth-order valence-electron chi connectivity index (χ4n) is 4.14. The van der Waals surface area contributed by atoms with Gasteiger partial charge in [0.05, 0.1) is 5.75 Å². The van der Waals surface area contributed by atoms with Crippen LogP contribution in [0, 0.1) is 13.8 Å². The van der Waals surface area contributed by atoms with Gasteiger partial charge in [-0.15, -0.1) is 10.2 Å². The third kappa shape index (κ3) is 5.28. The third-order valence-corrected chi connectivity index (χ3v) is 6.55. The Balaban J connectivity index is 1.59. The zero-order valence-corrected chi connectivity index (χ0v) is 19.2. The summed E-state index contributed by atoms with van der Waals surface area (Å²) in [6.07, 6.45) is 5.88. The van der Waals surface area contributed by atoms with E-state index in [1.54, 1.807) is 0 Å². The molecular weight excluding hydrogens is 398 g/mol. The number of carbonyl (C=O) groups is 1. The average Bonchev–Trinajstić information content (AvgIpc) is 3.06. The number of benzene rings is 1. The number of para-hydroxylation sites is 1. The normalized spacial score (nSPS) is 14.8. The maximum atomic E-state index is 12.9. The van der Waals surface area contributed by atoms with Crippen LogP contribution in [0.5, 0.6) is 5.75 Å². The first-order valence-electron chi connectivity index (χ1n) is 10.7. The summed E-state index contributed by atoms with van der Waals surface area (Å²) in [6.45, 7) is 8.42. The van der Waals surface area contributed by atoms with E-state index in [0.717, 1.165) is 29.7 Å². The van der Waals surface area contributed by atoms with Crippen LogP contribution >= 0.6 is 11.8 Å². The van der Waals surface area contributed by atoms with E-state index >= 15 is 0 Å². The molecule has 30 heavy (non-hydrogen) atoms. The van der Waals surface area contributed by atoms with Gasteiger partial charge < -0.3 is 15.5 Å². The molecule has 1 saturated carbocycles. The van der Waals surface area contributed by atoms with E-state index in [-0.39, 0.29) is 18.6 Å². The molecule has 0 saturated heterocycles. The van der Waals surface area contributed by atoms with E-state index < -0.39 is 0 Å². The average molecular weight is 432 g/mol. The highest BCUT2D eigenvalue weighted by atomic mass is 32.2. The quantitative estimate of drug-likeness (QED) is 0.505. The predicted molar refractivity (Wildman–Crippen MR) is 120 cm³/mol. The number of nitrogen functional groups attached to an aromatic ring is 1. The van der Waals surface area contributed by atoms with Crippen molar-refractivity contribution in [1.29, 1.82) is 0 Å². The minimum absolute atomic E-state index is 0.137. The van der Waals surface area contributed by atoms with Crippen LogP contribution in [0.1, 0.15) is 62.9 Å². The molecule has 1 fully saturated rings. The highest BCUT2D eigenvalue weighted by molar-refractivity contribution is 7.99. The fraction of sp³-hybridized carbons (Fsp3) is 0.591. The molecule has 0 radical (unpaired) electrons. The SMILES string of the molecule is Cc1cccc(C)c1OCc1nnc(SCC(=O)N(C(C)C)C2CCCCC2)n1N. The summed E-state index contributed by atoms with van der Waals surface area (Å²) in [7, 11) is 0. The van der Waals surface area contributed by atoms with Crippen molar-refractivity contribution in [3.8, 4) is 5.75 Å². The number of carbonyl (C=O) groups excluding carboxylic acids is 1. The van der Waals surface area contributed by atoms with Crippen LogP contribution in [0.15, 0.2) is 23.4 Å². The van der Waals surface area contributed by atoms with E-state index in [0.29, 0.717) is 22.8 Å². The molecule has 8 heteroatoms. The Labute approximate surface area is 183 Å². The molecule has 1 aromatic carbocycles. The van der Waals surface area contributed by atoms with Gasteiger partial charge in [-0.25, -0.2) is 4.68 Å².